The Balaban J connectivity index is 1.42. The zero-order chi connectivity index (χ0) is 28.7. The molecule has 212 valence electrons. The molecule has 12 heteroatoms. The van der Waals surface area contributed by atoms with Gasteiger partial charge in [0, 0.05) is 30.4 Å². The van der Waals surface area contributed by atoms with Gasteiger partial charge in [0.25, 0.3) is 11.8 Å². The summed E-state index contributed by atoms with van der Waals surface area (Å²) in [5, 5.41) is 17.9. The molecule has 0 unspecified atom stereocenters. The number of nitrogens with two attached hydrogens (primary N) is 1. The van der Waals surface area contributed by atoms with E-state index in [4.69, 9.17) is 15.2 Å². The molecular weight excluding hydrogens is 514 g/mol. The number of nitrogens with one attached hydrogen (secondary N) is 2. The standard InChI is InChI=1S/C28H35N7O5/c1-35(2,38)15-16-40-23-12-8-20(9-13-23)31-27-25(26(29)36)30-17-24(33-27)34-14-4-5-21(18-34)32-28(37)19-6-10-22(39-3)11-7-19/h6-13,17,21H,4-5,14-16,18H2,1-3H3,(H2,29,36)(H,31,33)(H,32,37)/t21-/m1/s1. The molecule has 4 rings (SSSR count). The van der Waals surface area contributed by atoms with Gasteiger partial charge in [0.1, 0.15) is 30.5 Å². The van der Waals surface area contributed by atoms with E-state index in [9.17, 15) is 14.8 Å². The van der Waals surface area contributed by atoms with Crippen molar-refractivity contribution in [2.75, 3.05) is 57.7 Å². The van der Waals surface area contributed by atoms with Crippen LogP contribution < -0.4 is 30.7 Å². The van der Waals surface area contributed by atoms with Crippen LogP contribution in [-0.2, 0) is 0 Å². The SMILES string of the molecule is COc1ccc(C(=O)N[C@@H]2CCCN(c3cnc(C(N)=O)c(Nc4ccc(OCC[N+](C)(C)[O-])cc4)n3)C2)cc1. The van der Waals surface area contributed by atoms with Gasteiger partial charge in [-0.1, -0.05) is 0 Å². The molecule has 1 aliphatic heterocycles. The molecule has 0 aliphatic carbocycles. The number of primary amides is 1. The number of piperidine rings is 1. The second-order valence-corrected chi connectivity index (χ2v) is 10.1. The maximum absolute atomic E-state index is 12.8. The van der Waals surface area contributed by atoms with Gasteiger partial charge in [-0.3, -0.25) is 9.59 Å². The maximum Gasteiger partial charge on any atom is 0.271 e. The van der Waals surface area contributed by atoms with Gasteiger partial charge in [-0.25, -0.2) is 9.97 Å². The maximum atomic E-state index is 12.8. The summed E-state index contributed by atoms with van der Waals surface area (Å²) in [5.74, 6) is 1.23. The predicted molar refractivity (Wildman–Crippen MR) is 152 cm³/mol. The average molecular weight is 550 g/mol. The van der Waals surface area contributed by atoms with Crippen molar-refractivity contribution in [3.8, 4) is 11.5 Å². The third-order valence-electron chi connectivity index (χ3n) is 6.44. The normalized spacial score (nSPS) is 15.3. The van der Waals surface area contributed by atoms with Gasteiger partial charge in [0.15, 0.2) is 11.5 Å². The van der Waals surface area contributed by atoms with Gasteiger partial charge in [0.05, 0.1) is 27.4 Å². The Morgan fingerprint density at radius 2 is 1.82 bits per heavy atom. The van der Waals surface area contributed by atoms with E-state index in [-0.39, 0.29) is 23.5 Å². The molecule has 3 aromatic rings. The van der Waals surface area contributed by atoms with Crippen LogP contribution in [0.1, 0.15) is 33.7 Å². The summed E-state index contributed by atoms with van der Waals surface area (Å²) in [6.07, 6.45) is 3.20. The van der Waals surface area contributed by atoms with E-state index in [1.807, 2.05) is 4.90 Å². The van der Waals surface area contributed by atoms with Crippen LogP contribution in [0.15, 0.2) is 54.7 Å². The van der Waals surface area contributed by atoms with Gasteiger partial charge in [0.2, 0.25) is 0 Å². The van der Waals surface area contributed by atoms with Crippen molar-refractivity contribution < 1.29 is 23.7 Å². The lowest BCUT2D eigenvalue weighted by Crippen LogP contribution is -2.48. The number of hydroxylamine groups is 3. The Morgan fingerprint density at radius 1 is 1.12 bits per heavy atom. The second-order valence-electron chi connectivity index (χ2n) is 10.1. The van der Waals surface area contributed by atoms with Crippen LogP contribution >= 0.6 is 0 Å². The lowest BCUT2D eigenvalue weighted by atomic mass is 10.0. The Bertz CT molecular complexity index is 1310. The lowest BCUT2D eigenvalue weighted by Gasteiger charge is -2.34. The number of likely N-dealkylation sites (N-methyl/N-ethyl adjacent to an activating group) is 1. The zero-order valence-electron chi connectivity index (χ0n) is 22.9. The number of amides is 2. The molecule has 1 atom stereocenters. The van der Waals surface area contributed by atoms with Gasteiger partial charge in [-0.05, 0) is 61.4 Å². The van der Waals surface area contributed by atoms with Crippen molar-refractivity contribution in [3.63, 3.8) is 0 Å². The fourth-order valence-corrected chi connectivity index (χ4v) is 4.27. The molecule has 0 radical (unpaired) electrons. The van der Waals surface area contributed by atoms with Crippen LogP contribution in [0.25, 0.3) is 0 Å². The van der Waals surface area contributed by atoms with E-state index in [1.54, 1.807) is 69.7 Å². The Labute approximate surface area is 233 Å². The number of rotatable bonds is 11. The molecule has 12 nitrogen and oxygen atoms in total. The number of quaternary nitrogens is 1. The Kier molecular flexibility index (Phi) is 9.02. The van der Waals surface area contributed by atoms with Gasteiger partial charge in [-0.15, -0.1) is 0 Å². The quantitative estimate of drug-likeness (QED) is 0.242. The fraction of sp³-hybridized carbons (Fsp3) is 0.357. The van der Waals surface area contributed by atoms with E-state index in [0.717, 1.165) is 19.4 Å². The lowest BCUT2D eigenvalue weighted by molar-refractivity contribution is -0.840. The number of nitrogens with zero attached hydrogens (tertiary/aromatic N) is 4. The number of carbonyl (C=O) groups is 2. The molecule has 1 aromatic heterocycles. The van der Waals surface area contributed by atoms with E-state index in [2.05, 4.69) is 20.6 Å². The number of methoxy groups -OCH3 is 1. The Morgan fingerprint density at radius 3 is 2.48 bits per heavy atom. The van der Waals surface area contributed by atoms with Crippen molar-refractivity contribution >= 4 is 29.1 Å². The van der Waals surface area contributed by atoms with Crippen molar-refractivity contribution in [1.29, 1.82) is 0 Å². The Hall–Kier alpha value is -4.42. The molecule has 40 heavy (non-hydrogen) atoms. The van der Waals surface area contributed by atoms with Crippen LogP contribution in [0, 0.1) is 5.21 Å². The highest BCUT2D eigenvalue weighted by Gasteiger charge is 2.24. The molecule has 2 heterocycles. The summed E-state index contributed by atoms with van der Waals surface area (Å²) in [5.41, 5.74) is 6.79. The first kappa shape index (κ1) is 28.6. The molecule has 1 fully saturated rings. The number of hydrogen-bond donors (Lipinski definition) is 3. The molecule has 2 amide bonds. The minimum Gasteiger partial charge on any atom is -0.633 e. The van der Waals surface area contributed by atoms with Gasteiger partial charge in [-0.2, -0.15) is 0 Å². The van der Waals surface area contributed by atoms with E-state index in [1.165, 1.54) is 6.20 Å². The molecule has 0 spiro atoms. The number of hydrogen-bond acceptors (Lipinski definition) is 9. The summed E-state index contributed by atoms with van der Waals surface area (Å²) < 4.78 is 10.4. The van der Waals surface area contributed by atoms with Crippen LogP contribution in [0.4, 0.5) is 17.3 Å². The van der Waals surface area contributed by atoms with Gasteiger partial charge < -0.3 is 40.6 Å². The van der Waals surface area contributed by atoms with E-state index < -0.39 is 10.6 Å². The van der Waals surface area contributed by atoms with Crippen LogP contribution in [-0.4, -0.2) is 79.9 Å². The summed E-state index contributed by atoms with van der Waals surface area (Å²) in [7, 11) is 4.70. The number of benzene rings is 2. The summed E-state index contributed by atoms with van der Waals surface area (Å²) in [6, 6.07) is 13.9. The smallest absolute Gasteiger partial charge is 0.271 e. The van der Waals surface area contributed by atoms with Crippen molar-refractivity contribution in [2.24, 2.45) is 5.73 Å². The molecular formula is C28H35N7O5. The van der Waals surface area contributed by atoms with Crippen molar-refractivity contribution in [2.45, 2.75) is 18.9 Å². The fourth-order valence-electron chi connectivity index (χ4n) is 4.27. The molecule has 0 bridgehead atoms. The molecule has 1 saturated heterocycles. The largest absolute Gasteiger partial charge is 0.633 e. The summed E-state index contributed by atoms with van der Waals surface area (Å²) in [4.78, 5) is 35.8. The number of carbonyl (C=O) groups excluding carboxylic acids is 2. The van der Waals surface area contributed by atoms with Crippen molar-refractivity contribution in [3.05, 3.63) is 71.2 Å². The summed E-state index contributed by atoms with van der Waals surface area (Å²) in [6.45, 7) is 1.88. The first-order valence-corrected chi connectivity index (χ1v) is 13.0. The predicted octanol–water partition coefficient (Wildman–Crippen LogP) is 2.68. The van der Waals surface area contributed by atoms with E-state index >= 15 is 0 Å². The zero-order valence-corrected chi connectivity index (χ0v) is 22.9. The molecule has 0 saturated carbocycles. The number of ether oxygens (including phenoxy) is 2. The van der Waals surface area contributed by atoms with Gasteiger partial charge >= 0.3 is 0 Å². The van der Waals surface area contributed by atoms with E-state index in [0.29, 0.717) is 48.3 Å². The third kappa shape index (κ3) is 7.80. The second kappa shape index (κ2) is 12.6. The number of anilines is 3. The molecule has 1 aliphatic rings. The highest BCUT2D eigenvalue weighted by molar-refractivity contribution is 5.96. The highest BCUT2D eigenvalue weighted by Crippen LogP contribution is 2.25. The molecule has 4 N–H and O–H groups in total. The average Bonchev–Trinajstić information content (AvgIpc) is 2.93. The van der Waals surface area contributed by atoms with Crippen LogP contribution in [0.2, 0.25) is 0 Å². The monoisotopic (exact) mass is 549 g/mol. The first-order valence-electron chi connectivity index (χ1n) is 13.0. The van der Waals surface area contributed by atoms with Crippen molar-refractivity contribution in [1.82, 2.24) is 15.3 Å². The summed E-state index contributed by atoms with van der Waals surface area (Å²) >= 11 is 0. The number of aromatic nitrogens is 2. The third-order valence-corrected chi connectivity index (χ3v) is 6.44. The molecule has 2 aromatic carbocycles. The minimum atomic E-state index is -0.705. The minimum absolute atomic E-state index is 0.0147. The topological polar surface area (TPSA) is 155 Å². The van der Waals surface area contributed by atoms with Crippen LogP contribution in [0.5, 0.6) is 11.5 Å². The van der Waals surface area contributed by atoms with Crippen LogP contribution in [0.3, 0.4) is 0 Å². The highest BCUT2D eigenvalue weighted by atomic mass is 16.5. The first-order chi connectivity index (χ1) is 19.1.